The lowest BCUT2D eigenvalue weighted by molar-refractivity contribution is -0.295. The number of hydrogen-bond donors (Lipinski definition) is 3. The van der Waals surface area contributed by atoms with E-state index >= 15 is 0 Å². The standard InChI is InChI=1S/C11H18O10S/c1-4(12)19-7-6(14)10(15)21-9(8(7)20-5(2)13)11(16)22(3,17)18/h6-11,14-16H,1-3H3/t6-,7+,8-,9-,10?,11?/m0/s1. The Morgan fingerprint density at radius 3 is 1.95 bits per heavy atom. The second kappa shape index (κ2) is 6.87. The van der Waals surface area contributed by atoms with Gasteiger partial charge in [0, 0.05) is 20.1 Å². The van der Waals surface area contributed by atoms with E-state index < -0.39 is 57.9 Å². The van der Waals surface area contributed by atoms with Crippen LogP contribution in [-0.2, 0) is 33.6 Å². The summed E-state index contributed by atoms with van der Waals surface area (Å²) in [6.45, 7) is 1.99. The van der Waals surface area contributed by atoms with Gasteiger partial charge in [0.25, 0.3) is 0 Å². The molecule has 0 aromatic heterocycles. The molecule has 1 saturated heterocycles. The van der Waals surface area contributed by atoms with E-state index in [0.717, 1.165) is 13.8 Å². The number of sulfone groups is 1. The Morgan fingerprint density at radius 2 is 1.55 bits per heavy atom. The van der Waals surface area contributed by atoms with Gasteiger partial charge in [0.1, 0.15) is 12.2 Å². The Balaban J connectivity index is 3.21. The summed E-state index contributed by atoms with van der Waals surface area (Å²) in [7, 11) is -4.06. The molecule has 1 rings (SSSR count). The zero-order valence-corrected chi connectivity index (χ0v) is 12.9. The fourth-order valence-corrected chi connectivity index (χ4v) is 2.70. The molecule has 0 aliphatic carbocycles. The molecule has 1 heterocycles. The van der Waals surface area contributed by atoms with Gasteiger partial charge in [-0.1, -0.05) is 0 Å². The highest BCUT2D eigenvalue weighted by Crippen LogP contribution is 2.28. The molecular weight excluding hydrogens is 324 g/mol. The summed E-state index contributed by atoms with van der Waals surface area (Å²) in [5.74, 6) is -1.76. The number of aliphatic hydroxyl groups excluding tert-OH is 3. The van der Waals surface area contributed by atoms with Gasteiger partial charge in [0.05, 0.1) is 0 Å². The van der Waals surface area contributed by atoms with E-state index in [9.17, 15) is 33.3 Å². The maximum Gasteiger partial charge on any atom is 0.303 e. The lowest BCUT2D eigenvalue weighted by atomic mass is 9.98. The molecule has 0 radical (unpaired) electrons. The fraction of sp³-hybridized carbons (Fsp3) is 0.818. The minimum Gasteiger partial charge on any atom is -0.456 e. The zero-order chi connectivity index (χ0) is 17.2. The zero-order valence-electron chi connectivity index (χ0n) is 12.1. The molecule has 1 aliphatic rings. The average Bonchev–Trinajstić information content (AvgIpc) is 2.35. The molecule has 1 aliphatic heterocycles. The Kier molecular flexibility index (Phi) is 5.87. The quantitative estimate of drug-likeness (QED) is 0.459. The van der Waals surface area contributed by atoms with Gasteiger partial charge in [-0.2, -0.15) is 0 Å². The highest BCUT2D eigenvalue weighted by Gasteiger charge is 2.53. The molecule has 10 nitrogen and oxygen atoms in total. The molecule has 3 N–H and O–H groups in total. The molecule has 1 fully saturated rings. The number of aliphatic hydroxyl groups is 3. The van der Waals surface area contributed by atoms with Crippen molar-refractivity contribution in [3.05, 3.63) is 0 Å². The molecule has 128 valence electrons. The van der Waals surface area contributed by atoms with Gasteiger partial charge in [0.2, 0.25) is 0 Å². The van der Waals surface area contributed by atoms with Crippen molar-refractivity contribution in [3.8, 4) is 0 Å². The minimum atomic E-state index is -4.06. The van der Waals surface area contributed by atoms with Gasteiger partial charge >= 0.3 is 11.9 Å². The smallest absolute Gasteiger partial charge is 0.303 e. The third-order valence-corrected chi connectivity index (χ3v) is 4.04. The topological polar surface area (TPSA) is 157 Å². The first-order chi connectivity index (χ1) is 9.95. The van der Waals surface area contributed by atoms with Crippen molar-refractivity contribution < 1.29 is 47.5 Å². The summed E-state index contributed by atoms with van der Waals surface area (Å²) in [6.07, 6.45) is -8.02. The first-order valence-electron chi connectivity index (χ1n) is 6.18. The Bertz CT molecular complexity index is 529. The van der Waals surface area contributed by atoms with Gasteiger partial charge in [0.15, 0.2) is 33.8 Å². The Labute approximate surface area is 126 Å². The average molecular weight is 342 g/mol. The molecule has 0 amide bonds. The first-order valence-corrected chi connectivity index (χ1v) is 8.13. The molecule has 22 heavy (non-hydrogen) atoms. The molecule has 0 saturated carbocycles. The van der Waals surface area contributed by atoms with Gasteiger partial charge in [-0.15, -0.1) is 0 Å². The molecule has 0 bridgehead atoms. The lowest BCUT2D eigenvalue weighted by Gasteiger charge is -2.42. The van der Waals surface area contributed by atoms with Crippen molar-refractivity contribution in [1.82, 2.24) is 0 Å². The number of esters is 2. The normalized spacial score (nSPS) is 33.8. The number of ether oxygens (including phenoxy) is 3. The van der Waals surface area contributed by atoms with Crippen LogP contribution in [0.25, 0.3) is 0 Å². The summed E-state index contributed by atoms with van der Waals surface area (Å²) < 4.78 is 37.3. The molecule has 6 atom stereocenters. The molecular formula is C11H18O10S. The SMILES string of the molecule is CC(=O)O[C@H]1[C@H](OC(C)=O)[C@@H](C(O)S(C)(=O)=O)OC(O)[C@H]1O. The third kappa shape index (κ3) is 4.36. The number of carbonyl (C=O) groups excluding carboxylic acids is 2. The van der Waals surface area contributed by atoms with Crippen LogP contribution in [0.3, 0.4) is 0 Å². The third-order valence-electron chi connectivity index (χ3n) is 2.90. The van der Waals surface area contributed by atoms with Gasteiger partial charge < -0.3 is 29.5 Å². The van der Waals surface area contributed by atoms with Crippen LogP contribution in [0, 0.1) is 0 Å². The van der Waals surface area contributed by atoms with Crippen LogP contribution in [0.2, 0.25) is 0 Å². The molecule has 0 aromatic rings. The second-order valence-corrected chi connectivity index (χ2v) is 6.99. The van der Waals surface area contributed by atoms with Crippen LogP contribution in [0.1, 0.15) is 13.8 Å². The Morgan fingerprint density at radius 1 is 1.09 bits per heavy atom. The van der Waals surface area contributed by atoms with E-state index in [2.05, 4.69) is 0 Å². The summed E-state index contributed by atoms with van der Waals surface area (Å²) in [5.41, 5.74) is -2.17. The first kappa shape index (κ1) is 18.8. The molecule has 2 unspecified atom stereocenters. The van der Waals surface area contributed by atoms with E-state index in [1.807, 2.05) is 0 Å². The highest BCUT2D eigenvalue weighted by atomic mass is 32.2. The summed E-state index contributed by atoms with van der Waals surface area (Å²) >= 11 is 0. The predicted molar refractivity (Wildman–Crippen MR) is 68.8 cm³/mol. The van der Waals surface area contributed by atoms with E-state index in [-0.39, 0.29) is 0 Å². The monoisotopic (exact) mass is 342 g/mol. The van der Waals surface area contributed by atoms with E-state index in [4.69, 9.17) is 14.2 Å². The summed E-state index contributed by atoms with van der Waals surface area (Å²) in [4.78, 5) is 22.2. The molecule has 0 spiro atoms. The molecule has 11 heteroatoms. The predicted octanol–water partition coefficient (Wildman–Crippen LogP) is -2.71. The van der Waals surface area contributed by atoms with Gasteiger partial charge in [-0.3, -0.25) is 9.59 Å². The van der Waals surface area contributed by atoms with E-state index in [0.29, 0.717) is 6.26 Å². The van der Waals surface area contributed by atoms with Crippen LogP contribution in [0.15, 0.2) is 0 Å². The number of hydrogen-bond acceptors (Lipinski definition) is 10. The van der Waals surface area contributed by atoms with Crippen LogP contribution in [0.5, 0.6) is 0 Å². The van der Waals surface area contributed by atoms with E-state index in [1.165, 1.54) is 0 Å². The highest BCUT2D eigenvalue weighted by molar-refractivity contribution is 7.91. The van der Waals surface area contributed by atoms with Crippen LogP contribution < -0.4 is 0 Å². The van der Waals surface area contributed by atoms with Crippen LogP contribution in [-0.4, -0.2) is 78.1 Å². The van der Waals surface area contributed by atoms with Crippen molar-refractivity contribution in [3.63, 3.8) is 0 Å². The number of carbonyl (C=O) groups is 2. The summed E-state index contributed by atoms with van der Waals surface area (Å²) in [6, 6.07) is 0. The van der Waals surface area contributed by atoms with Crippen LogP contribution >= 0.6 is 0 Å². The largest absolute Gasteiger partial charge is 0.456 e. The summed E-state index contributed by atoms with van der Waals surface area (Å²) in [5, 5.41) is 29.2. The maximum atomic E-state index is 11.5. The van der Waals surface area contributed by atoms with E-state index in [1.54, 1.807) is 0 Å². The van der Waals surface area contributed by atoms with Crippen molar-refractivity contribution >= 4 is 21.8 Å². The second-order valence-electron chi connectivity index (χ2n) is 4.85. The van der Waals surface area contributed by atoms with Gasteiger partial charge in [-0.25, -0.2) is 8.42 Å². The van der Waals surface area contributed by atoms with Crippen molar-refractivity contribution in [2.45, 2.75) is 50.0 Å². The number of rotatable bonds is 4. The minimum absolute atomic E-state index is 0.699. The van der Waals surface area contributed by atoms with Crippen LogP contribution in [0.4, 0.5) is 0 Å². The van der Waals surface area contributed by atoms with Crippen molar-refractivity contribution in [2.24, 2.45) is 0 Å². The Hall–Kier alpha value is -1.27. The maximum absolute atomic E-state index is 11.5. The van der Waals surface area contributed by atoms with Crippen molar-refractivity contribution in [1.29, 1.82) is 0 Å². The molecule has 0 aromatic carbocycles. The van der Waals surface area contributed by atoms with Gasteiger partial charge in [-0.05, 0) is 0 Å². The lowest BCUT2D eigenvalue weighted by Crippen LogP contribution is -2.63. The van der Waals surface area contributed by atoms with Crippen molar-refractivity contribution in [2.75, 3.05) is 6.26 Å². The fourth-order valence-electron chi connectivity index (χ4n) is 1.99.